The van der Waals surface area contributed by atoms with Crippen molar-refractivity contribution in [1.29, 1.82) is 0 Å². The maximum Gasteiger partial charge on any atom is 0.246 e. The van der Waals surface area contributed by atoms with Gasteiger partial charge >= 0.3 is 0 Å². The van der Waals surface area contributed by atoms with Crippen LogP contribution in [-0.2, 0) is 20.4 Å². The van der Waals surface area contributed by atoms with Gasteiger partial charge in [-0.05, 0) is 31.6 Å². The summed E-state index contributed by atoms with van der Waals surface area (Å²) < 4.78 is 11.5. The molecular weight excluding hydrogens is 288 g/mol. The van der Waals surface area contributed by atoms with Crippen LogP contribution < -0.4 is 5.32 Å². The van der Waals surface area contributed by atoms with E-state index < -0.39 is 16.8 Å². The minimum absolute atomic E-state index is 0.0329. The zero-order valence-corrected chi connectivity index (χ0v) is 13.9. The fourth-order valence-electron chi connectivity index (χ4n) is 3.30. The lowest BCUT2D eigenvalue weighted by Crippen LogP contribution is -2.66. The van der Waals surface area contributed by atoms with Crippen molar-refractivity contribution in [1.82, 2.24) is 10.2 Å². The highest BCUT2D eigenvalue weighted by molar-refractivity contribution is 7.85. The summed E-state index contributed by atoms with van der Waals surface area (Å²) in [4.78, 5) is 26.9. The van der Waals surface area contributed by atoms with Crippen LogP contribution >= 0.6 is 0 Å². The Morgan fingerprint density at radius 1 is 1.29 bits per heavy atom. The third-order valence-corrected chi connectivity index (χ3v) is 5.73. The molecule has 2 unspecified atom stereocenters. The lowest BCUT2D eigenvalue weighted by atomic mass is 9.94. The number of amides is 2. The average molecular weight is 314 g/mol. The van der Waals surface area contributed by atoms with Crippen LogP contribution in [0, 0.1) is 5.92 Å². The lowest BCUT2D eigenvalue weighted by Gasteiger charge is -2.44. The van der Waals surface area contributed by atoms with Crippen molar-refractivity contribution in [2.45, 2.75) is 64.6 Å². The van der Waals surface area contributed by atoms with Gasteiger partial charge < -0.3 is 10.2 Å². The Labute approximate surface area is 129 Å². The van der Waals surface area contributed by atoms with Crippen LogP contribution in [0.4, 0.5) is 0 Å². The molecule has 2 amide bonds. The molecule has 2 aliphatic rings. The second-order valence-corrected chi connectivity index (χ2v) is 8.14. The molecule has 0 bridgehead atoms. The van der Waals surface area contributed by atoms with E-state index in [1.165, 1.54) is 0 Å². The molecule has 2 atom stereocenters. The van der Waals surface area contributed by atoms with Gasteiger partial charge in [0.2, 0.25) is 11.8 Å². The Hall–Kier alpha value is -0.910. The van der Waals surface area contributed by atoms with Gasteiger partial charge in [-0.2, -0.15) is 0 Å². The molecule has 0 aromatic heterocycles. The average Bonchev–Trinajstić information content (AvgIpc) is 2.43. The summed E-state index contributed by atoms with van der Waals surface area (Å²) in [5.41, 5.74) is 0. The van der Waals surface area contributed by atoms with Crippen LogP contribution in [0.15, 0.2) is 0 Å². The molecule has 21 heavy (non-hydrogen) atoms. The zero-order chi connectivity index (χ0) is 15.6. The normalized spacial score (nSPS) is 34.2. The number of rotatable bonds is 4. The SMILES string of the molecule is CCC1C(=O)NC(CC(C)C)C(=O)N1C1CCS(=O)CC1. The summed E-state index contributed by atoms with van der Waals surface area (Å²) in [6.07, 6.45) is 2.80. The van der Waals surface area contributed by atoms with Crippen LogP contribution in [-0.4, -0.2) is 50.6 Å². The van der Waals surface area contributed by atoms with Crippen LogP contribution in [0.2, 0.25) is 0 Å². The van der Waals surface area contributed by atoms with E-state index in [0.717, 1.165) is 12.8 Å². The number of hydrogen-bond acceptors (Lipinski definition) is 3. The van der Waals surface area contributed by atoms with Crippen molar-refractivity contribution < 1.29 is 13.8 Å². The molecule has 0 aliphatic carbocycles. The molecule has 120 valence electrons. The Kier molecular flexibility index (Phi) is 5.41. The number of nitrogens with zero attached hydrogens (tertiary/aromatic N) is 1. The smallest absolute Gasteiger partial charge is 0.246 e. The molecule has 1 N–H and O–H groups in total. The fraction of sp³-hybridized carbons (Fsp3) is 0.867. The first-order chi connectivity index (χ1) is 9.93. The van der Waals surface area contributed by atoms with E-state index in [1.807, 2.05) is 11.8 Å². The Bertz CT molecular complexity index is 429. The highest BCUT2D eigenvalue weighted by atomic mass is 32.2. The molecule has 0 spiro atoms. The van der Waals surface area contributed by atoms with Gasteiger partial charge in [-0.25, -0.2) is 0 Å². The maximum absolute atomic E-state index is 12.8. The van der Waals surface area contributed by atoms with E-state index in [-0.39, 0.29) is 23.9 Å². The molecule has 0 radical (unpaired) electrons. The third kappa shape index (κ3) is 3.65. The molecule has 2 fully saturated rings. The van der Waals surface area contributed by atoms with E-state index in [1.54, 1.807) is 0 Å². The summed E-state index contributed by atoms with van der Waals surface area (Å²) in [6.45, 7) is 6.05. The molecule has 0 saturated carbocycles. The molecule has 2 heterocycles. The van der Waals surface area contributed by atoms with E-state index in [0.29, 0.717) is 30.3 Å². The number of carbonyl (C=O) groups is 2. The first-order valence-electron chi connectivity index (χ1n) is 7.91. The monoisotopic (exact) mass is 314 g/mol. The Morgan fingerprint density at radius 2 is 1.90 bits per heavy atom. The van der Waals surface area contributed by atoms with E-state index >= 15 is 0 Å². The van der Waals surface area contributed by atoms with Gasteiger partial charge in [0, 0.05) is 28.3 Å². The first-order valence-corrected chi connectivity index (χ1v) is 9.40. The van der Waals surface area contributed by atoms with Crippen LogP contribution in [0.3, 0.4) is 0 Å². The maximum atomic E-state index is 12.8. The topological polar surface area (TPSA) is 66.5 Å². The standard InChI is InChI=1S/C15H26N2O3S/c1-4-13-14(18)16-12(9-10(2)3)15(19)17(13)11-5-7-21(20)8-6-11/h10-13H,4-9H2,1-3H3,(H,16,18). The van der Waals surface area contributed by atoms with Gasteiger partial charge in [0.05, 0.1) is 0 Å². The van der Waals surface area contributed by atoms with Gasteiger partial charge in [-0.15, -0.1) is 0 Å². The number of piperazine rings is 1. The number of carbonyl (C=O) groups excluding carboxylic acids is 2. The minimum atomic E-state index is -0.755. The molecule has 2 aliphatic heterocycles. The zero-order valence-electron chi connectivity index (χ0n) is 13.1. The van der Waals surface area contributed by atoms with Gasteiger partial charge in [0.25, 0.3) is 0 Å². The van der Waals surface area contributed by atoms with Crippen molar-refractivity contribution in [3.63, 3.8) is 0 Å². The van der Waals surface area contributed by atoms with Crippen LogP contribution in [0.1, 0.15) is 46.5 Å². The number of hydrogen-bond donors (Lipinski definition) is 1. The molecular formula is C15H26N2O3S. The largest absolute Gasteiger partial charge is 0.342 e. The van der Waals surface area contributed by atoms with Gasteiger partial charge in [-0.3, -0.25) is 13.8 Å². The molecule has 2 rings (SSSR count). The van der Waals surface area contributed by atoms with Crippen molar-refractivity contribution >= 4 is 22.6 Å². The predicted molar refractivity (Wildman–Crippen MR) is 83.2 cm³/mol. The Morgan fingerprint density at radius 3 is 2.43 bits per heavy atom. The fourth-order valence-corrected chi connectivity index (χ4v) is 4.57. The highest BCUT2D eigenvalue weighted by Gasteiger charge is 2.43. The van der Waals surface area contributed by atoms with Crippen LogP contribution in [0.25, 0.3) is 0 Å². The summed E-state index contributed by atoms with van der Waals surface area (Å²) in [6, 6.07) is -0.689. The van der Waals surface area contributed by atoms with E-state index in [9.17, 15) is 13.8 Å². The van der Waals surface area contributed by atoms with E-state index in [4.69, 9.17) is 0 Å². The highest BCUT2D eigenvalue weighted by Crippen LogP contribution is 2.25. The third-order valence-electron chi connectivity index (χ3n) is 4.35. The Balaban J connectivity index is 2.18. The summed E-state index contributed by atoms with van der Waals surface area (Å²) in [5.74, 6) is 1.66. The van der Waals surface area contributed by atoms with Gasteiger partial charge in [-0.1, -0.05) is 20.8 Å². The van der Waals surface area contributed by atoms with Crippen molar-refractivity contribution in [2.75, 3.05) is 11.5 Å². The van der Waals surface area contributed by atoms with Crippen molar-refractivity contribution in [2.24, 2.45) is 5.92 Å². The van der Waals surface area contributed by atoms with Gasteiger partial charge in [0.1, 0.15) is 12.1 Å². The molecule has 2 saturated heterocycles. The van der Waals surface area contributed by atoms with E-state index in [2.05, 4.69) is 19.2 Å². The molecule has 0 aromatic rings. The summed E-state index contributed by atoms with van der Waals surface area (Å²) in [7, 11) is -0.755. The second kappa shape index (κ2) is 6.90. The summed E-state index contributed by atoms with van der Waals surface area (Å²) >= 11 is 0. The predicted octanol–water partition coefficient (Wildman–Crippen LogP) is 1.05. The molecule has 0 aromatic carbocycles. The van der Waals surface area contributed by atoms with Crippen molar-refractivity contribution in [3.8, 4) is 0 Å². The summed E-state index contributed by atoms with van der Waals surface area (Å²) in [5, 5.41) is 2.89. The van der Waals surface area contributed by atoms with Gasteiger partial charge in [0.15, 0.2) is 0 Å². The van der Waals surface area contributed by atoms with Crippen LogP contribution in [0.5, 0.6) is 0 Å². The molecule has 5 nitrogen and oxygen atoms in total. The minimum Gasteiger partial charge on any atom is -0.342 e. The molecule has 6 heteroatoms. The lowest BCUT2D eigenvalue weighted by molar-refractivity contribution is -0.153. The first kappa shape index (κ1) is 16.5. The second-order valence-electron chi connectivity index (χ2n) is 6.44. The number of nitrogens with one attached hydrogen (secondary N) is 1. The quantitative estimate of drug-likeness (QED) is 0.843. The van der Waals surface area contributed by atoms with Crippen molar-refractivity contribution in [3.05, 3.63) is 0 Å².